The quantitative estimate of drug-likeness (QED) is 0.253. The molecule has 0 N–H and O–H groups in total. The summed E-state index contributed by atoms with van der Waals surface area (Å²) < 4.78 is 65.2. The summed E-state index contributed by atoms with van der Waals surface area (Å²) in [6.45, 7) is 4.86. The number of halogens is 3. The highest BCUT2D eigenvalue weighted by atomic mass is 19.1. The molecule has 6 aromatic rings. The maximum atomic E-state index is 15.2. The first-order valence-electron chi connectivity index (χ1n) is 16.6. The summed E-state index contributed by atoms with van der Waals surface area (Å²) in [5, 5.41) is 4.79. The summed E-state index contributed by atoms with van der Waals surface area (Å²) in [4.78, 5) is 40.5. The van der Waals surface area contributed by atoms with Gasteiger partial charge in [-0.1, -0.05) is 0 Å². The lowest BCUT2D eigenvalue weighted by Crippen LogP contribution is -2.47. The second kappa shape index (κ2) is 13.0. The van der Waals surface area contributed by atoms with E-state index in [1.165, 1.54) is 42.6 Å². The minimum atomic E-state index is -0.900. The first-order chi connectivity index (χ1) is 25.1. The van der Waals surface area contributed by atoms with Crippen LogP contribution in [0.5, 0.6) is 11.8 Å². The van der Waals surface area contributed by atoms with Crippen LogP contribution in [0.3, 0.4) is 0 Å². The lowest BCUT2D eigenvalue weighted by atomic mass is 10.1. The van der Waals surface area contributed by atoms with Crippen molar-refractivity contribution in [2.24, 2.45) is 0 Å². The van der Waals surface area contributed by atoms with Crippen molar-refractivity contribution in [3.63, 3.8) is 0 Å². The minimum absolute atomic E-state index is 0.0469. The van der Waals surface area contributed by atoms with Gasteiger partial charge in [0.2, 0.25) is 5.91 Å². The van der Waals surface area contributed by atoms with Gasteiger partial charge >= 0.3 is 6.01 Å². The van der Waals surface area contributed by atoms with Crippen LogP contribution in [-0.4, -0.2) is 102 Å². The highest BCUT2D eigenvalue weighted by molar-refractivity contribution is 5.93. The van der Waals surface area contributed by atoms with Gasteiger partial charge in [-0.25, -0.2) is 37.8 Å². The topological polar surface area (TPSA) is 138 Å². The maximum absolute atomic E-state index is 15.2. The summed E-state index contributed by atoms with van der Waals surface area (Å²) in [6, 6.07) is 5.55. The number of aryl methyl sites for hydroxylation is 1. The van der Waals surface area contributed by atoms with Crippen LogP contribution in [0, 0.1) is 24.4 Å². The van der Waals surface area contributed by atoms with Crippen LogP contribution in [0.25, 0.3) is 39.0 Å². The standard InChI is InChI=1S/C35H33F3N10O4/c1-5-51-22-14-45(3)34(49)28-12-21(52-35-39-7-6-26(44-35)23-8-19(36)10-27-30(23)46(16-22)18(2)43-27)15-47(28)32-24-13-42-48(33(24)41-17-40-32)31-25(38)9-20(37)11-29(31)50-4/h6-11,13,17,21-22,28H,5,12,14-16H2,1-4H3/t21-,22-,28-/m0/s1. The molecule has 0 spiro atoms. The third-order valence-corrected chi connectivity index (χ3v) is 9.41. The molecule has 3 atom stereocenters. The molecule has 4 aromatic heterocycles. The van der Waals surface area contributed by atoms with Crippen molar-refractivity contribution in [2.75, 3.05) is 38.8 Å². The van der Waals surface area contributed by atoms with Crippen LogP contribution in [0.2, 0.25) is 0 Å². The van der Waals surface area contributed by atoms with E-state index in [-0.39, 0.29) is 48.5 Å². The average Bonchev–Trinajstić information content (AvgIpc) is 3.82. The van der Waals surface area contributed by atoms with Crippen molar-refractivity contribution < 1.29 is 32.2 Å². The molecule has 17 heteroatoms. The first-order valence-corrected chi connectivity index (χ1v) is 16.6. The Kier molecular flexibility index (Phi) is 8.36. The van der Waals surface area contributed by atoms with Gasteiger partial charge in [-0.15, -0.1) is 0 Å². The highest BCUT2D eigenvalue weighted by Crippen LogP contribution is 2.36. The number of aromatic nitrogens is 8. The van der Waals surface area contributed by atoms with Crippen LogP contribution in [0.4, 0.5) is 19.0 Å². The fraction of sp³-hybridized carbons (Fsp3) is 0.343. The van der Waals surface area contributed by atoms with Gasteiger partial charge in [-0.2, -0.15) is 10.1 Å². The minimum Gasteiger partial charge on any atom is -0.494 e. The van der Waals surface area contributed by atoms with Gasteiger partial charge in [0.05, 0.1) is 54.6 Å². The lowest BCUT2D eigenvalue weighted by Gasteiger charge is -2.31. The van der Waals surface area contributed by atoms with E-state index in [1.54, 1.807) is 22.9 Å². The van der Waals surface area contributed by atoms with E-state index in [2.05, 4.69) is 30.0 Å². The van der Waals surface area contributed by atoms with Crippen LogP contribution in [0.15, 0.2) is 49.1 Å². The molecule has 1 saturated heterocycles. The fourth-order valence-electron chi connectivity index (χ4n) is 7.20. The van der Waals surface area contributed by atoms with E-state index in [9.17, 15) is 13.6 Å². The average molecular weight is 715 g/mol. The van der Waals surface area contributed by atoms with E-state index >= 15 is 4.39 Å². The van der Waals surface area contributed by atoms with Crippen LogP contribution >= 0.6 is 0 Å². The maximum Gasteiger partial charge on any atom is 0.317 e. The SMILES string of the molecule is CCO[C@H]1CN(C)C(=O)[C@@H]2C[C@@H](CN2c2ncnc3c2cnn3-c2c(F)cc(F)cc2OC)Oc2nccc(n2)-c2cc(F)cc3nc(C)n(c23)C1. The monoisotopic (exact) mass is 714 g/mol. The highest BCUT2D eigenvalue weighted by Gasteiger charge is 2.42. The second-order valence-corrected chi connectivity index (χ2v) is 12.7. The number of hydrogen-bond donors (Lipinski definition) is 0. The predicted octanol–water partition coefficient (Wildman–Crippen LogP) is 4.26. The van der Waals surface area contributed by atoms with Crippen molar-refractivity contribution in [1.82, 2.24) is 44.2 Å². The van der Waals surface area contributed by atoms with Crippen molar-refractivity contribution >= 4 is 33.8 Å². The van der Waals surface area contributed by atoms with Gasteiger partial charge in [0.1, 0.15) is 47.4 Å². The third-order valence-electron chi connectivity index (χ3n) is 9.41. The molecule has 1 amide bonds. The normalized spacial score (nSPS) is 19.2. The van der Waals surface area contributed by atoms with Gasteiger partial charge in [-0.3, -0.25) is 4.79 Å². The number of nitrogens with zero attached hydrogens (tertiary/aromatic N) is 10. The Morgan fingerprint density at radius 3 is 2.65 bits per heavy atom. The molecule has 2 aromatic carbocycles. The number of likely N-dealkylation sites (N-methyl/N-ethyl adjacent to an activating group) is 1. The van der Waals surface area contributed by atoms with E-state index in [0.717, 1.165) is 12.1 Å². The number of fused-ring (bicyclic) bond motifs is 6. The van der Waals surface area contributed by atoms with Crippen molar-refractivity contribution in [3.8, 4) is 28.7 Å². The number of amides is 1. The van der Waals surface area contributed by atoms with Gasteiger partial charge < -0.3 is 28.6 Å². The second-order valence-electron chi connectivity index (χ2n) is 12.7. The number of methoxy groups -OCH3 is 1. The van der Waals surface area contributed by atoms with Crippen LogP contribution < -0.4 is 14.4 Å². The number of carbonyl (C=O) groups excluding carboxylic acids is 1. The zero-order chi connectivity index (χ0) is 36.3. The molecular weight excluding hydrogens is 681 g/mol. The number of hydrogen-bond acceptors (Lipinski definition) is 11. The van der Waals surface area contributed by atoms with Crippen molar-refractivity contribution in [2.45, 2.75) is 45.1 Å². The van der Waals surface area contributed by atoms with Gasteiger partial charge in [-0.05, 0) is 26.0 Å². The Labute approximate surface area is 294 Å². The molecule has 2 aliphatic heterocycles. The van der Waals surface area contributed by atoms with Crippen molar-refractivity contribution in [3.05, 3.63) is 72.3 Å². The van der Waals surface area contributed by atoms with Crippen LogP contribution in [-0.2, 0) is 16.1 Å². The Balaban J connectivity index is 1.23. The Hall–Kier alpha value is -5.84. The molecule has 4 bridgehead atoms. The fourth-order valence-corrected chi connectivity index (χ4v) is 7.20. The molecule has 2 aliphatic rings. The predicted molar refractivity (Wildman–Crippen MR) is 182 cm³/mol. The Bertz CT molecular complexity index is 2350. The number of imidazole rings is 1. The third kappa shape index (κ3) is 5.70. The molecule has 0 aliphatic carbocycles. The molecule has 0 saturated carbocycles. The van der Waals surface area contributed by atoms with Gasteiger partial charge in [0.25, 0.3) is 0 Å². The first kappa shape index (κ1) is 33.3. The van der Waals surface area contributed by atoms with Crippen LogP contribution in [0.1, 0.15) is 19.2 Å². The Morgan fingerprint density at radius 2 is 1.85 bits per heavy atom. The lowest BCUT2D eigenvalue weighted by molar-refractivity contribution is -0.133. The molecule has 6 heterocycles. The van der Waals surface area contributed by atoms with E-state index < -0.39 is 35.7 Å². The molecule has 0 radical (unpaired) electrons. The zero-order valence-corrected chi connectivity index (χ0v) is 28.6. The van der Waals surface area contributed by atoms with E-state index in [4.69, 9.17) is 14.2 Å². The molecule has 52 heavy (non-hydrogen) atoms. The van der Waals surface area contributed by atoms with Gasteiger partial charge in [0, 0.05) is 56.6 Å². The summed E-state index contributed by atoms with van der Waals surface area (Å²) in [6.07, 6.45) is 3.49. The summed E-state index contributed by atoms with van der Waals surface area (Å²) in [7, 11) is 3.01. The molecule has 0 unspecified atom stereocenters. The largest absolute Gasteiger partial charge is 0.494 e. The number of carbonyl (C=O) groups is 1. The number of benzene rings is 2. The number of ether oxygens (including phenoxy) is 3. The molecular formula is C35H33F3N10O4. The molecule has 8 rings (SSSR count). The molecule has 268 valence electrons. The molecule has 1 fully saturated rings. The number of anilines is 1. The summed E-state index contributed by atoms with van der Waals surface area (Å²) in [5.74, 6) is -1.48. The van der Waals surface area contributed by atoms with E-state index in [1.807, 2.05) is 18.4 Å². The van der Waals surface area contributed by atoms with Crippen molar-refractivity contribution in [1.29, 1.82) is 0 Å². The van der Waals surface area contributed by atoms with E-state index in [0.29, 0.717) is 52.5 Å². The Morgan fingerprint density at radius 1 is 1.02 bits per heavy atom. The summed E-state index contributed by atoms with van der Waals surface area (Å²) in [5.41, 5.74) is 2.17. The molecule has 14 nitrogen and oxygen atoms in total. The van der Waals surface area contributed by atoms with Gasteiger partial charge in [0.15, 0.2) is 17.2 Å². The smallest absolute Gasteiger partial charge is 0.317 e. The zero-order valence-electron chi connectivity index (χ0n) is 28.6. The summed E-state index contributed by atoms with van der Waals surface area (Å²) >= 11 is 0. The number of rotatable bonds is 5.